The number of hydrogen-bond donors (Lipinski definition) is 0. The second-order valence-corrected chi connectivity index (χ2v) is 8.67. The number of benzene rings is 4. The fourth-order valence-electron chi connectivity index (χ4n) is 4.16. The van der Waals surface area contributed by atoms with Crippen molar-refractivity contribution in [2.75, 3.05) is 35.5 Å². The van der Waals surface area contributed by atoms with Crippen LogP contribution in [-0.2, 0) is 0 Å². The molecule has 0 aromatic heterocycles. The second-order valence-electron chi connectivity index (χ2n) is 8.67. The lowest BCUT2D eigenvalue weighted by molar-refractivity contribution is 0.414. The van der Waals surface area contributed by atoms with Crippen LogP contribution in [0.25, 0.3) is 11.1 Å². The van der Waals surface area contributed by atoms with Gasteiger partial charge in [0.25, 0.3) is 0 Å². The van der Waals surface area contributed by atoms with Crippen LogP contribution in [0.5, 0.6) is 23.0 Å². The summed E-state index contributed by atoms with van der Waals surface area (Å²) >= 11 is 0. The minimum atomic E-state index is 0.817. The first kappa shape index (κ1) is 26.4. The van der Waals surface area contributed by atoms with Crippen LogP contribution < -0.4 is 18.9 Å². The van der Waals surface area contributed by atoms with Crippen molar-refractivity contribution in [2.45, 2.75) is 0 Å². The van der Waals surface area contributed by atoms with Gasteiger partial charge in [-0.15, -0.1) is 0 Å². The Labute approximate surface area is 225 Å². The highest BCUT2D eigenvalue weighted by Gasteiger charge is 2.11. The molecule has 0 radical (unpaired) electrons. The number of hydrogen-bond acceptors (Lipinski definition) is 5. The number of methoxy groups -OCH3 is 4. The monoisotopic (exact) mass is 507 g/mol. The maximum atomic E-state index is 5.38. The summed E-state index contributed by atoms with van der Waals surface area (Å²) in [5, 5.41) is 0. The molecular formula is C33H33NO4. The van der Waals surface area contributed by atoms with E-state index in [1.807, 2.05) is 55.6 Å². The van der Waals surface area contributed by atoms with Crippen molar-refractivity contribution in [3.8, 4) is 23.0 Å². The molecule has 0 bridgehead atoms. The van der Waals surface area contributed by atoms with E-state index in [-0.39, 0.29) is 0 Å². The van der Waals surface area contributed by atoms with Crippen LogP contribution in [-0.4, -0.2) is 40.4 Å². The van der Waals surface area contributed by atoms with Crippen LogP contribution in [0.15, 0.2) is 109 Å². The van der Waals surface area contributed by atoms with E-state index in [1.54, 1.807) is 28.4 Å². The van der Waals surface area contributed by atoms with Gasteiger partial charge in [0.1, 0.15) is 23.0 Å². The third-order valence-electron chi connectivity index (χ3n) is 6.27. The van der Waals surface area contributed by atoms with Crippen LogP contribution in [0, 0.1) is 0 Å². The van der Waals surface area contributed by atoms with E-state index in [0.29, 0.717) is 0 Å². The Hall–Kier alpha value is -4.64. The van der Waals surface area contributed by atoms with Gasteiger partial charge in [-0.3, -0.25) is 0 Å². The first-order valence-electron chi connectivity index (χ1n) is 12.3. The van der Waals surface area contributed by atoms with Gasteiger partial charge in [-0.05, 0) is 70.8 Å². The van der Waals surface area contributed by atoms with Crippen LogP contribution >= 0.6 is 0 Å². The standard InChI is InChI=1S/C33H33NO4/c1-34(22-32(24-6-14-28(35-2)15-7-24)25-8-16-29(36-3)17-9-25)23-33(26-10-18-30(37-4)19-11-26)27-12-20-31(38-5)21-13-27/h6-23H,1-5H3. The molecular weight excluding hydrogens is 474 g/mol. The lowest BCUT2D eigenvalue weighted by atomic mass is 9.97. The molecule has 0 spiro atoms. The van der Waals surface area contributed by atoms with E-state index >= 15 is 0 Å². The summed E-state index contributed by atoms with van der Waals surface area (Å²) in [5.74, 6) is 3.27. The molecule has 0 fully saturated rings. The third-order valence-corrected chi connectivity index (χ3v) is 6.27. The maximum Gasteiger partial charge on any atom is 0.118 e. The first-order valence-corrected chi connectivity index (χ1v) is 12.3. The molecule has 5 nitrogen and oxygen atoms in total. The molecule has 194 valence electrons. The average molecular weight is 508 g/mol. The van der Waals surface area contributed by atoms with Crippen LogP contribution in [0.1, 0.15) is 22.3 Å². The Morgan fingerprint density at radius 3 is 0.816 bits per heavy atom. The average Bonchev–Trinajstić information content (AvgIpc) is 2.99. The van der Waals surface area contributed by atoms with E-state index in [9.17, 15) is 0 Å². The highest BCUT2D eigenvalue weighted by molar-refractivity contribution is 5.82. The van der Waals surface area contributed by atoms with E-state index in [1.165, 1.54) is 0 Å². The maximum absolute atomic E-state index is 5.38. The van der Waals surface area contributed by atoms with Crippen LogP contribution in [0.3, 0.4) is 0 Å². The van der Waals surface area contributed by atoms with Crippen molar-refractivity contribution in [3.05, 3.63) is 132 Å². The fraction of sp³-hybridized carbons (Fsp3) is 0.152. The summed E-state index contributed by atoms with van der Waals surface area (Å²) in [5.41, 5.74) is 6.44. The van der Waals surface area contributed by atoms with E-state index in [4.69, 9.17) is 18.9 Å². The molecule has 0 saturated carbocycles. The summed E-state index contributed by atoms with van der Waals surface area (Å²) < 4.78 is 21.5. The van der Waals surface area contributed by atoms with Crippen molar-refractivity contribution in [1.29, 1.82) is 0 Å². The summed E-state index contributed by atoms with van der Waals surface area (Å²) in [4.78, 5) is 2.09. The summed E-state index contributed by atoms with van der Waals surface area (Å²) in [6, 6.07) is 32.4. The molecule has 4 rings (SSSR count). The fourth-order valence-corrected chi connectivity index (χ4v) is 4.16. The third kappa shape index (κ3) is 6.37. The lowest BCUT2D eigenvalue weighted by Crippen LogP contribution is -2.06. The van der Waals surface area contributed by atoms with Crippen molar-refractivity contribution < 1.29 is 18.9 Å². The molecule has 4 aromatic carbocycles. The molecule has 0 atom stereocenters. The Morgan fingerprint density at radius 1 is 0.421 bits per heavy atom. The van der Waals surface area contributed by atoms with Gasteiger partial charge in [0, 0.05) is 30.6 Å². The lowest BCUT2D eigenvalue weighted by Gasteiger charge is -2.18. The molecule has 0 aliphatic rings. The zero-order valence-electron chi connectivity index (χ0n) is 22.5. The molecule has 0 amide bonds. The second kappa shape index (κ2) is 12.5. The van der Waals surface area contributed by atoms with Gasteiger partial charge in [0.05, 0.1) is 28.4 Å². The largest absolute Gasteiger partial charge is 0.497 e. The molecule has 0 heterocycles. The first-order chi connectivity index (χ1) is 18.5. The predicted octanol–water partition coefficient (Wildman–Crippen LogP) is 7.13. The Balaban J connectivity index is 1.79. The number of nitrogens with zero attached hydrogens (tertiary/aromatic N) is 1. The SMILES string of the molecule is COc1ccc(C(=CN(C)C=C(c2ccc(OC)cc2)c2ccc(OC)cc2)c2ccc(OC)cc2)cc1. The van der Waals surface area contributed by atoms with Crippen molar-refractivity contribution in [3.63, 3.8) is 0 Å². The zero-order valence-corrected chi connectivity index (χ0v) is 22.5. The molecule has 0 saturated heterocycles. The smallest absolute Gasteiger partial charge is 0.118 e. The van der Waals surface area contributed by atoms with Gasteiger partial charge < -0.3 is 23.8 Å². The predicted molar refractivity (Wildman–Crippen MR) is 154 cm³/mol. The zero-order chi connectivity index (χ0) is 26.9. The highest BCUT2D eigenvalue weighted by Crippen LogP contribution is 2.30. The number of rotatable bonds is 10. The molecule has 0 aliphatic heterocycles. The van der Waals surface area contributed by atoms with Crippen molar-refractivity contribution in [1.82, 2.24) is 4.90 Å². The Morgan fingerprint density at radius 2 is 0.632 bits per heavy atom. The van der Waals surface area contributed by atoms with Crippen molar-refractivity contribution >= 4 is 11.1 Å². The van der Waals surface area contributed by atoms with Gasteiger partial charge in [0.2, 0.25) is 0 Å². The molecule has 0 aliphatic carbocycles. The highest BCUT2D eigenvalue weighted by atomic mass is 16.5. The molecule has 0 N–H and O–H groups in total. The topological polar surface area (TPSA) is 40.2 Å². The summed E-state index contributed by atoms with van der Waals surface area (Å²) in [6.45, 7) is 0. The van der Waals surface area contributed by atoms with E-state index in [0.717, 1.165) is 56.4 Å². The summed E-state index contributed by atoms with van der Waals surface area (Å²) in [7, 11) is 8.74. The van der Waals surface area contributed by atoms with Gasteiger partial charge in [-0.25, -0.2) is 0 Å². The minimum Gasteiger partial charge on any atom is -0.497 e. The molecule has 38 heavy (non-hydrogen) atoms. The van der Waals surface area contributed by atoms with Crippen molar-refractivity contribution in [2.24, 2.45) is 0 Å². The van der Waals surface area contributed by atoms with Crippen LogP contribution in [0.4, 0.5) is 0 Å². The minimum absolute atomic E-state index is 0.817. The molecule has 0 unspecified atom stereocenters. The van der Waals surface area contributed by atoms with E-state index in [2.05, 4.69) is 65.8 Å². The molecule has 5 heteroatoms. The van der Waals surface area contributed by atoms with Gasteiger partial charge >= 0.3 is 0 Å². The van der Waals surface area contributed by atoms with Gasteiger partial charge in [0.15, 0.2) is 0 Å². The Bertz CT molecular complexity index is 1160. The summed E-state index contributed by atoms with van der Waals surface area (Å²) in [6.07, 6.45) is 4.27. The quantitative estimate of drug-likeness (QED) is 0.228. The van der Waals surface area contributed by atoms with E-state index < -0.39 is 0 Å². The van der Waals surface area contributed by atoms with Gasteiger partial charge in [-0.1, -0.05) is 48.5 Å². The normalized spacial score (nSPS) is 10.2. The van der Waals surface area contributed by atoms with Gasteiger partial charge in [-0.2, -0.15) is 0 Å². The number of ether oxygens (including phenoxy) is 4. The molecule has 4 aromatic rings. The van der Waals surface area contributed by atoms with Crippen LogP contribution in [0.2, 0.25) is 0 Å². The Kier molecular flexibility index (Phi) is 8.73.